The van der Waals surface area contributed by atoms with Crippen LogP contribution in [-0.2, 0) is 9.09 Å². The van der Waals surface area contributed by atoms with E-state index >= 15 is 0 Å². The molecular weight excluding hydrogens is 460 g/mol. The van der Waals surface area contributed by atoms with Gasteiger partial charge in [0.1, 0.15) is 11.9 Å². The molecule has 4 rings (SSSR count). The number of imidazole rings is 1. The summed E-state index contributed by atoms with van der Waals surface area (Å²) in [7, 11) is -2.76. The summed E-state index contributed by atoms with van der Waals surface area (Å²) in [5, 5.41) is 10.7. The van der Waals surface area contributed by atoms with Crippen molar-refractivity contribution in [2.75, 3.05) is 11.4 Å². The molecule has 0 aliphatic carbocycles. The zero-order valence-electron chi connectivity index (χ0n) is 16.4. The fourth-order valence-corrected chi connectivity index (χ4v) is 4.90. The molecule has 0 saturated carbocycles. The third-order valence-electron chi connectivity index (χ3n) is 5.41. The molecule has 2 aromatic heterocycles. The Kier molecular flexibility index (Phi) is 6.71. The van der Waals surface area contributed by atoms with Crippen molar-refractivity contribution in [2.45, 2.75) is 37.8 Å². The first-order valence-corrected chi connectivity index (χ1v) is 11.6. The monoisotopic (exact) mass is 478 g/mol. The number of pyridine rings is 1. The van der Waals surface area contributed by atoms with E-state index in [1.54, 1.807) is 18.6 Å². The lowest BCUT2D eigenvalue weighted by atomic mass is 9.95. The molecule has 3 aromatic rings. The Morgan fingerprint density at radius 2 is 2.23 bits per heavy atom. The standard InChI is InChI=1S/C20H18Cl2N5O3P/c21-14-6-5-13-16(26-10-8-24-12-26)11-18(25-20(13)19(14)22)27-9-2-4-17(30-31(28)29)15(27)3-1-7-23/h5-6,8,10-12,15,17H,1-4,9H2/p+1. The van der Waals surface area contributed by atoms with E-state index in [4.69, 9.17) is 38.0 Å². The van der Waals surface area contributed by atoms with Crippen LogP contribution in [0.1, 0.15) is 25.7 Å². The Morgan fingerprint density at radius 3 is 2.94 bits per heavy atom. The van der Waals surface area contributed by atoms with Crippen LogP contribution in [0.3, 0.4) is 0 Å². The lowest BCUT2D eigenvalue weighted by molar-refractivity contribution is 0.126. The number of fused-ring (bicyclic) bond motifs is 1. The number of anilines is 1. The Morgan fingerprint density at radius 1 is 1.39 bits per heavy atom. The minimum atomic E-state index is -2.76. The van der Waals surface area contributed by atoms with E-state index in [0.717, 1.165) is 17.5 Å². The van der Waals surface area contributed by atoms with Crippen LogP contribution in [0.2, 0.25) is 10.0 Å². The smallest absolute Gasteiger partial charge is 0.351 e. The maximum Gasteiger partial charge on any atom is 0.695 e. The van der Waals surface area contributed by atoms with Crippen LogP contribution in [0.4, 0.5) is 5.82 Å². The lowest BCUT2D eigenvalue weighted by Crippen LogP contribution is -2.49. The molecule has 1 saturated heterocycles. The van der Waals surface area contributed by atoms with Gasteiger partial charge in [0.05, 0.1) is 39.7 Å². The Bertz CT molecular complexity index is 1150. The Hall–Kier alpha value is -2.27. The van der Waals surface area contributed by atoms with E-state index in [-0.39, 0.29) is 12.5 Å². The first-order valence-electron chi connectivity index (χ1n) is 9.73. The molecule has 0 bridgehead atoms. The Labute approximate surface area is 189 Å². The van der Waals surface area contributed by atoms with Crippen LogP contribution >= 0.6 is 31.5 Å². The van der Waals surface area contributed by atoms with Crippen molar-refractivity contribution in [2.24, 2.45) is 0 Å². The van der Waals surface area contributed by atoms with Crippen molar-refractivity contribution >= 4 is 48.2 Å². The first-order chi connectivity index (χ1) is 15.0. The van der Waals surface area contributed by atoms with Gasteiger partial charge >= 0.3 is 8.25 Å². The zero-order chi connectivity index (χ0) is 22.0. The predicted molar refractivity (Wildman–Crippen MR) is 119 cm³/mol. The quantitative estimate of drug-likeness (QED) is 0.495. The van der Waals surface area contributed by atoms with Gasteiger partial charge in [0.2, 0.25) is 0 Å². The van der Waals surface area contributed by atoms with Crippen molar-refractivity contribution in [3.05, 3.63) is 47.0 Å². The summed E-state index contributed by atoms with van der Waals surface area (Å²) in [4.78, 5) is 20.3. The molecule has 11 heteroatoms. The van der Waals surface area contributed by atoms with Crippen LogP contribution in [0, 0.1) is 11.3 Å². The molecule has 3 atom stereocenters. The number of aromatic nitrogens is 3. The summed E-state index contributed by atoms with van der Waals surface area (Å²) in [5.74, 6) is 0.629. The third kappa shape index (κ3) is 4.52. The van der Waals surface area contributed by atoms with Crippen LogP contribution < -0.4 is 4.90 Å². The van der Waals surface area contributed by atoms with Gasteiger partial charge in [-0.2, -0.15) is 5.26 Å². The van der Waals surface area contributed by atoms with Gasteiger partial charge in [-0.05, 0) is 31.4 Å². The average Bonchev–Trinajstić information content (AvgIpc) is 3.29. The highest BCUT2D eigenvalue weighted by Crippen LogP contribution is 2.38. The van der Waals surface area contributed by atoms with Crippen molar-refractivity contribution in [3.8, 4) is 11.8 Å². The molecule has 0 spiro atoms. The van der Waals surface area contributed by atoms with Gasteiger partial charge in [-0.1, -0.05) is 23.2 Å². The molecule has 31 heavy (non-hydrogen) atoms. The third-order valence-corrected chi connectivity index (χ3v) is 6.65. The van der Waals surface area contributed by atoms with Gasteiger partial charge in [0.25, 0.3) is 0 Å². The summed E-state index contributed by atoms with van der Waals surface area (Å²) in [6, 6.07) is 7.39. The van der Waals surface area contributed by atoms with Gasteiger partial charge in [0, 0.05) is 41.4 Å². The molecule has 160 valence electrons. The fourth-order valence-electron chi connectivity index (χ4n) is 4.06. The number of halogens is 2. The van der Waals surface area contributed by atoms with E-state index in [9.17, 15) is 9.46 Å². The molecule has 1 N–H and O–H groups in total. The number of nitriles is 1. The summed E-state index contributed by atoms with van der Waals surface area (Å²) in [5.41, 5.74) is 1.37. The number of rotatable bonds is 6. The van der Waals surface area contributed by atoms with Crippen LogP contribution in [0.15, 0.2) is 36.9 Å². The number of nitrogens with zero attached hydrogens (tertiary/aromatic N) is 5. The highest BCUT2D eigenvalue weighted by atomic mass is 35.5. The number of hydrogen-bond donors (Lipinski definition) is 1. The van der Waals surface area contributed by atoms with Crippen molar-refractivity contribution in [3.63, 3.8) is 0 Å². The highest BCUT2D eigenvalue weighted by molar-refractivity contribution is 7.32. The predicted octanol–water partition coefficient (Wildman–Crippen LogP) is 5.03. The summed E-state index contributed by atoms with van der Waals surface area (Å²) in [6.45, 7) is 0.665. The molecule has 0 radical (unpaired) electrons. The average molecular weight is 479 g/mol. The fraction of sp³-hybridized carbons (Fsp3) is 0.350. The topological polar surface area (TPSA) is 104 Å². The van der Waals surface area contributed by atoms with Gasteiger partial charge in [-0.25, -0.2) is 9.97 Å². The van der Waals surface area contributed by atoms with E-state index in [1.165, 1.54) is 0 Å². The van der Waals surface area contributed by atoms with E-state index in [2.05, 4.69) is 11.1 Å². The summed E-state index contributed by atoms with van der Waals surface area (Å²) < 4.78 is 18.6. The maximum absolute atomic E-state index is 11.4. The number of hydrogen-bond acceptors (Lipinski definition) is 6. The van der Waals surface area contributed by atoms with Crippen LogP contribution in [-0.4, -0.2) is 38.1 Å². The molecule has 3 heterocycles. The minimum Gasteiger partial charge on any atom is -0.351 e. The van der Waals surface area contributed by atoms with Crippen molar-refractivity contribution in [1.82, 2.24) is 14.5 Å². The second-order valence-electron chi connectivity index (χ2n) is 7.21. The van der Waals surface area contributed by atoms with Crippen LogP contribution in [0.5, 0.6) is 0 Å². The molecule has 8 nitrogen and oxygen atoms in total. The van der Waals surface area contributed by atoms with Gasteiger partial charge < -0.3 is 9.47 Å². The second-order valence-corrected chi connectivity index (χ2v) is 8.68. The van der Waals surface area contributed by atoms with E-state index in [1.807, 2.05) is 27.8 Å². The molecule has 1 aromatic carbocycles. The van der Waals surface area contributed by atoms with Crippen molar-refractivity contribution in [1.29, 1.82) is 5.26 Å². The summed E-state index contributed by atoms with van der Waals surface area (Å²) >= 11 is 12.8. The molecule has 0 amide bonds. The minimum absolute atomic E-state index is 0.280. The van der Waals surface area contributed by atoms with Crippen LogP contribution in [0.25, 0.3) is 16.6 Å². The van der Waals surface area contributed by atoms with Gasteiger partial charge in [-0.15, -0.1) is 9.42 Å². The maximum atomic E-state index is 11.4. The molecule has 1 fully saturated rings. The van der Waals surface area contributed by atoms with E-state index < -0.39 is 14.4 Å². The highest BCUT2D eigenvalue weighted by Gasteiger charge is 2.38. The number of piperidine rings is 1. The number of benzene rings is 1. The largest absolute Gasteiger partial charge is 0.695 e. The lowest BCUT2D eigenvalue weighted by Gasteiger charge is -2.39. The van der Waals surface area contributed by atoms with Gasteiger partial charge in [0.15, 0.2) is 0 Å². The SMILES string of the molecule is N#CCCC1C(O[P+](=O)O)CCCN1c1cc(-n2ccnc2)c2ccc(Cl)c(Cl)c2n1. The molecule has 1 aliphatic rings. The molecule has 1 aliphatic heterocycles. The molecule has 3 unspecified atom stereocenters. The zero-order valence-corrected chi connectivity index (χ0v) is 18.8. The first kappa shape index (κ1) is 21.9. The summed E-state index contributed by atoms with van der Waals surface area (Å²) in [6.07, 6.45) is 6.86. The molecular formula is C20H19Cl2N5O3P+. The van der Waals surface area contributed by atoms with Gasteiger partial charge in [-0.3, -0.25) is 0 Å². The van der Waals surface area contributed by atoms with Crippen molar-refractivity contribution < 1.29 is 14.0 Å². The second kappa shape index (κ2) is 9.47. The van der Waals surface area contributed by atoms with E-state index in [0.29, 0.717) is 40.8 Å². The normalized spacial score (nSPS) is 19.4. The Balaban J connectivity index is 1.86.